The molecule has 8 heteroatoms. The van der Waals surface area contributed by atoms with E-state index in [0.29, 0.717) is 22.1 Å². The number of nitrogens with zero attached hydrogens (tertiary/aromatic N) is 1. The quantitative estimate of drug-likeness (QED) is 0.570. The first kappa shape index (κ1) is 19.4. The number of benzene rings is 2. The van der Waals surface area contributed by atoms with E-state index in [9.17, 15) is 13.2 Å². The summed E-state index contributed by atoms with van der Waals surface area (Å²) >= 11 is 6.03. The Morgan fingerprint density at radius 2 is 1.79 bits per heavy atom. The molecule has 1 aromatic heterocycles. The lowest BCUT2D eigenvalue weighted by Crippen LogP contribution is -2.23. The molecule has 2 aromatic carbocycles. The van der Waals surface area contributed by atoms with Crippen LogP contribution in [0.4, 0.5) is 13.2 Å². The molecule has 1 aliphatic heterocycles. The molecule has 0 aliphatic carbocycles. The summed E-state index contributed by atoms with van der Waals surface area (Å²) in [6, 6.07) is 15.4. The van der Waals surface area contributed by atoms with E-state index in [1.165, 1.54) is 12.1 Å². The van der Waals surface area contributed by atoms with Crippen molar-refractivity contribution in [1.82, 2.24) is 5.06 Å². The number of furan rings is 1. The minimum absolute atomic E-state index is 0.197. The fourth-order valence-corrected chi connectivity index (χ4v) is 3.29. The van der Waals surface area contributed by atoms with E-state index in [1.54, 1.807) is 29.3 Å². The average molecular weight is 421 g/mol. The molecule has 2 N–H and O–H groups in total. The van der Waals surface area contributed by atoms with Crippen molar-refractivity contribution in [1.29, 1.82) is 0 Å². The molecule has 150 valence electrons. The number of hydrogen-bond donors (Lipinski definition) is 1. The summed E-state index contributed by atoms with van der Waals surface area (Å²) in [7, 11) is 0. The van der Waals surface area contributed by atoms with E-state index >= 15 is 0 Å². The van der Waals surface area contributed by atoms with Crippen molar-refractivity contribution in [2.45, 2.75) is 18.8 Å². The molecular formula is C21H16ClF3N2O2. The normalized spacial score (nSPS) is 17.2. The number of rotatable bonds is 4. The van der Waals surface area contributed by atoms with Crippen LogP contribution in [0, 0.1) is 0 Å². The molecule has 0 saturated heterocycles. The fraction of sp³-hybridized carbons (Fsp3) is 0.143. The topological polar surface area (TPSA) is 51.6 Å². The van der Waals surface area contributed by atoms with Crippen LogP contribution in [0.3, 0.4) is 0 Å². The van der Waals surface area contributed by atoms with Crippen LogP contribution in [0.5, 0.6) is 0 Å². The Labute approximate surface area is 169 Å². The highest BCUT2D eigenvalue weighted by Crippen LogP contribution is 2.35. The molecule has 0 amide bonds. The van der Waals surface area contributed by atoms with Gasteiger partial charge in [-0.05, 0) is 42.0 Å². The Balaban J connectivity index is 1.54. The second-order valence-corrected chi connectivity index (χ2v) is 7.02. The number of hydroxylamine groups is 2. The van der Waals surface area contributed by atoms with Gasteiger partial charge in [0.2, 0.25) is 5.88 Å². The molecule has 0 saturated carbocycles. The number of alkyl halides is 3. The van der Waals surface area contributed by atoms with Crippen LogP contribution < -0.4 is 5.73 Å². The summed E-state index contributed by atoms with van der Waals surface area (Å²) in [5.74, 6) is 1.42. The number of halogens is 4. The minimum atomic E-state index is -4.37. The lowest BCUT2D eigenvalue weighted by molar-refractivity contribution is -0.137. The zero-order valence-electron chi connectivity index (χ0n) is 15.0. The van der Waals surface area contributed by atoms with Gasteiger partial charge in [0.25, 0.3) is 0 Å². The molecule has 0 fully saturated rings. The van der Waals surface area contributed by atoms with E-state index in [2.05, 4.69) is 0 Å². The largest absolute Gasteiger partial charge is 0.459 e. The third kappa shape index (κ3) is 4.26. The molecule has 1 unspecified atom stereocenters. The van der Waals surface area contributed by atoms with Gasteiger partial charge in [-0.3, -0.25) is 0 Å². The molecule has 0 spiro atoms. The molecule has 29 heavy (non-hydrogen) atoms. The summed E-state index contributed by atoms with van der Waals surface area (Å²) in [6.07, 6.45) is -2.69. The first-order chi connectivity index (χ1) is 13.8. The maximum absolute atomic E-state index is 12.7. The van der Waals surface area contributed by atoms with Crippen LogP contribution in [0.2, 0.25) is 5.02 Å². The molecule has 4 nitrogen and oxygen atoms in total. The Hall–Kier alpha value is -2.90. The van der Waals surface area contributed by atoms with Crippen molar-refractivity contribution >= 4 is 11.6 Å². The van der Waals surface area contributed by atoms with Crippen LogP contribution >= 0.6 is 11.6 Å². The van der Waals surface area contributed by atoms with Gasteiger partial charge in [0.15, 0.2) is 0 Å². The maximum Gasteiger partial charge on any atom is 0.416 e. The molecular weight excluding hydrogens is 405 g/mol. The van der Waals surface area contributed by atoms with Gasteiger partial charge >= 0.3 is 6.18 Å². The third-order valence-electron chi connectivity index (χ3n) is 4.50. The van der Waals surface area contributed by atoms with E-state index in [-0.39, 0.29) is 12.4 Å². The number of hydrogen-bond acceptors (Lipinski definition) is 4. The highest BCUT2D eigenvalue weighted by molar-refractivity contribution is 6.30. The number of nitrogens with two attached hydrogens (primary N) is 1. The lowest BCUT2D eigenvalue weighted by Gasteiger charge is -2.21. The van der Waals surface area contributed by atoms with Gasteiger partial charge < -0.3 is 15.0 Å². The predicted molar refractivity (Wildman–Crippen MR) is 102 cm³/mol. The Morgan fingerprint density at radius 3 is 2.48 bits per heavy atom. The second-order valence-electron chi connectivity index (χ2n) is 6.59. The molecule has 2 heterocycles. The van der Waals surface area contributed by atoms with Gasteiger partial charge in [0.1, 0.15) is 17.6 Å². The average Bonchev–Trinajstić information content (AvgIpc) is 3.28. The van der Waals surface area contributed by atoms with Crippen molar-refractivity contribution in [3.8, 4) is 11.3 Å². The third-order valence-corrected chi connectivity index (χ3v) is 4.74. The van der Waals surface area contributed by atoms with Gasteiger partial charge in [0.05, 0.1) is 12.1 Å². The van der Waals surface area contributed by atoms with Crippen molar-refractivity contribution in [2.24, 2.45) is 5.73 Å². The van der Waals surface area contributed by atoms with Crippen molar-refractivity contribution < 1.29 is 22.4 Å². The van der Waals surface area contributed by atoms with Gasteiger partial charge in [-0.25, -0.2) is 0 Å². The van der Waals surface area contributed by atoms with Gasteiger partial charge in [-0.1, -0.05) is 35.9 Å². The summed E-state index contributed by atoms with van der Waals surface area (Å²) in [5, 5.41) is 2.15. The molecule has 1 aliphatic rings. The Bertz CT molecular complexity index is 1040. The summed E-state index contributed by atoms with van der Waals surface area (Å²) in [4.78, 5) is 5.53. The molecule has 0 bridgehead atoms. The molecule has 3 aromatic rings. The van der Waals surface area contributed by atoms with Crippen LogP contribution in [0.15, 0.2) is 77.0 Å². The molecule has 4 rings (SSSR count). The Morgan fingerprint density at radius 1 is 1.03 bits per heavy atom. The maximum atomic E-state index is 12.7. The van der Waals surface area contributed by atoms with Gasteiger partial charge in [-0.15, -0.1) is 5.06 Å². The molecule has 0 radical (unpaired) electrons. The second kappa shape index (κ2) is 7.50. The zero-order chi connectivity index (χ0) is 20.6. The predicted octanol–water partition coefficient (Wildman–Crippen LogP) is 5.91. The first-order valence-electron chi connectivity index (χ1n) is 8.73. The van der Waals surface area contributed by atoms with Gasteiger partial charge in [-0.2, -0.15) is 13.2 Å². The zero-order valence-corrected chi connectivity index (χ0v) is 15.7. The lowest BCUT2D eigenvalue weighted by atomic mass is 10.1. The minimum Gasteiger partial charge on any atom is -0.459 e. The van der Waals surface area contributed by atoms with Crippen molar-refractivity contribution in [3.63, 3.8) is 0 Å². The highest BCUT2D eigenvalue weighted by Gasteiger charge is 2.32. The SMILES string of the molecule is NC1=CC(c2ccc(-c3cccc(Cl)c3)o2)N(Cc2ccc(C(F)(F)F)cc2)O1. The van der Waals surface area contributed by atoms with Crippen LogP contribution in [0.25, 0.3) is 11.3 Å². The van der Waals surface area contributed by atoms with E-state index < -0.39 is 17.8 Å². The fourth-order valence-electron chi connectivity index (χ4n) is 3.10. The molecule has 1 atom stereocenters. The van der Waals surface area contributed by atoms with E-state index in [4.69, 9.17) is 26.6 Å². The van der Waals surface area contributed by atoms with Crippen molar-refractivity contribution in [2.75, 3.05) is 0 Å². The van der Waals surface area contributed by atoms with Crippen molar-refractivity contribution in [3.05, 3.63) is 94.5 Å². The monoisotopic (exact) mass is 420 g/mol. The standard InChI is InChI=1S/C21H16ClF3N2O2/c22-16-3-1-2-14(10-16)18-8-9-19(28-18)17-11-20(26)29-27(17)12-13-4-6-15(7-5-13)21(23,24)25/h1-11,17H,12,26H2. The summed E-state index contributed by atoms with van der Waals surface area (Å²) < 4.78 is 44.2. The van der Waals surface area contributed by atoms with E-state index in [0.717, 1.165) is 17.7 Å². The highest BCUT2D eigenvalue weighted by atomic mass is 35.5. The first-order valence-corrected chi connectivity index (χ1v) is 9.11. The smallest absolute Gasteiger partial charge is 0.416 e. The van der Waals surface area contributed by atoms with Crippen LogP contribution in [-0.4, -0.2) is 5.06 Å². The summed E-state index contributed by atoms with van der Waals surface area (Å²) in [6.45, 7) is 0.229. The van der Waals surface area contributed by atoms with Gasteiger partial charge in [0, 0.05) is 16.7 Å². The Kier molecular flexibility index (Phi) is 5.02. The van der Waals surface area contributed by atoms with Crippen LogP contribution in [-0.2, 0) is 17.6 Å². The van der Waals surface area contributed by atoms with E-state index in [1.807, 2.05) is 18.2 Å². The van der Waals surface area contributed by atoms with Crippen LogP contribution in [0.1, 0.15) is 22.9 Å². The summed E-state index contributed by atoms with van der Waals surface area (Å²) in [5.41, 5.74) is 6.59.